The molecule has 0 unspecified atom stereocenters. The van der Waals surface area contributed by atoms with Crippen molar-refractivity contribution in [3.05, 3.63) is 71.0 Å². The van der Waals surface area contributed by atoms with Gasteiger partial charge in [-0.25, -0.2) is 0 Å². The lowest BCUT2D eigenvalue weighted by Crippen LogP contribution is -2.49. The molecule has 2 heterocycles. The van der Waals surface area contributed by atoms with Crippen molar-refractivity contribution >= 4 is 40.9 Å². The van der Waals surface area contributed by atoms with Crippen LogP contribution >= 0.6 is 23.4 Å². The number of hydrogen-bond acceptors (Lipinski definition) is 6. The number of anilines is 1. The third kappa shape index (κ3) is 5.66. The van der Waals surface area contributed by atoms with Gasteiger partial charge in [-0.1, -0.05) is 53.7 Å². The van der Waals surface area contributed by atoms with E-state index in [0.29, 0.717) is 40.4 Å². The van der Waals surface area contributed by atoms with Crippen molar-refractivity contribution in [2.75, 3.05) is 36.8 Å². The molecule has 33 heavy (non-hydrogen) atoms. The number of rotatable bonds is 7. The molecule has 1 saturated heterocycles. The highest BCUT2D eigenvalue weighted by atomic mass is 35.5. The largest absolute Gasteiger partial charge is 0.368 e. The molecular formula is C23H25ClN6O2S. The van der Waals surface area contributed by atoms with Crippen LogP contribution in [0, 0.1) is 0 Å². The minimum Gasteiger partial charge on any atom is -0.368 e. The van der Waals surface area contributed by atoms with Crippen LogP contribution in [0.4, 0.5) is 5.69 Å². The zero-order valence-electron chi connectivity index (χ0n) is 18.3. The highest BCUT2D eigenvalue weighted by Crippen LogP contribution is 2.19. The number of thioether (sulfide) groups is 1. The highest BCUT2D eigenvalue weighted by Gasteiger charge is 2.22. The minimum absolute atomic E-state index is 0.0873. The lowest BCUT2D eigenvalue weighted by atomic mass is 10.2. The van der Waals surface area contributed by atoms with Crippen molar-refractivity contribution in [3.8, 4) is 0 Å². The van der Waals surface area contributed by atoms with Crippen LogP contribution < -0.4 is 10.2 Å². The molecule has 0 aliphatic carbocycles. The second-order valence-corrected chi connectivity index (χ2v) is 8.96. The first kappa shape index (κ1) is 23.1. The molecule has 172 valence electrons. The number of halogens is 1. The molecule has 1 aliphatic rings. The van der Waals surface area contributed by atoms with Gasteiger partial charge in [0.2, 0.25) is 5.91 Å². The van der Waals surface area contributed by atoms with E-state index in [0.717, 1.165) is 13.1 Å². The zero-order chi connectivity index (χ0) is 23.2. The van der Waals surface area contributed by atoms with Crippen molar-refractivity contribution < 1.29 is 9.59 Å². The molecule has 0 spiro atoms. The van der Waals surface area contributed by atoms with Crippen molar-refractivity contribution in [1.29, 1.82) is 0 Å². The van der Waals surface area contributed by atoms with Crippen molar-refractivity contribution in [2.45, 2.75) is 11.7 Å². The number of piperazine rings is 1. The summed E-state index contributed by atoms with van der Waals surface area (Å²) in [4.78, 5) is 29.2. The average Bonchev–Trinajstić information content (AvgIpc) is 3.21. The summed E-state index contributed by atoms with van der Waals surface area (Å²) in [5.41, 5.74) is 1.60. The first-order chi connectivity index (χ1) is 16.0. The van der Waals surface area contributed by atoms with Gasteiger partial charge in [-0.15, -0.1) is 10.2 Å². The number of aromatic nitrogens is 3. The zero-order valence-corrected chi connectivity index (χ0v) is 19.8. The van der Waals surface area contributed by atoms with Crippen molar-refractivity contribution in [2.24, 2.45) is 7.05 Å². The van der Waals surface area contributed by atoms with Gasteiger partial charge in [-0.2, -0.15) is 0 Å². The van der Waals surface area contributed by atoms with E-state index in [1.54, 1.807) is 28.8 Å². The van der Waals surface area contributed by atoms with Crippen molar-refractivity contribution in [3.63, 3.8) is 0 Å². The smallest absolute Gasteiger partial charge is 0.253 e. The van der Waals surface area contributed by atoms with Gasteiger partial charge in [0.25, 0.3) is 5.91 Å². The van der Waals surface area contributed by atoms with Crippen LogP contribution in [0.1, 0.15) is 16.2 Å². The highest BCUT2D eigenvalue weighted by molar-refractivity contribution is 7.99. The van der Waals surface area contributed by atoms with E-state index in [1.165, 1.54) is 17.4 Å². The molecule has 2 aromatic carbocycles. The molecule has 1 fully saturated rings. The molecule has 0 saturated carbocycles. The predicted molar refractivity (Wildman–Crippen MR) is 130 cm³/mol. The lowest BCUT2D eigenvalue weighted by Gasteiger charge is -2.36. The summed E-state index contributed by atoms with van der Waals surface area (Å²) in [6, 6.07) is 17.1. The molecule has 2 amide bonds. The van der Waals surface area contributed by atoms with E-state index in [1.807, 2.05) is 30.1 Å². The predicted octanol–water partition coefficient (Wildman–Crippen LogP) is 2.84. The van der Waals surface area contributed by atoms with Crippen LogP contribution in [0.3, 0.4) is 0 Å². The van der Waals surface area contributed by atoms with Gasteiger partial charge in [0, 0.05) is 38.9 Å². The molecule has 8 nitrogen and oxygen atoms in total. The van der Waals surface area contributed by atoms with Gasteiger partial charge >= 0.3 is 0 Å². The minimum atomic E-state index is -0.275. The number of hydrogen-bond donors (Lipinski definition) is 1. The fourth-order valence-electron chi connectivity index (χ4n) is 3.60. The van der Waals surface area contributed by atoms with Gasteiger partial charge in [0.05, 0.1) is 22.9 Å². The fourth-order valence-corrected chi connectivity index (χ4v) is 4.65. The maximum Gasteiger partial charge on any atom is 0.253 e. The Bertz CT molecular complexity index is 1120. The molecule has 1 N–H and O–H groups in total. The second kappa shape index (κ2) is 10.7. The Labute approximate surface area is 201 Å². The summed E-state index contributed by atoms with van der Waals surface area (Å²) in [5.74, 6) is 0.706. The Morgan fingerprint density at radius 3 is 2.42 bits per heavy atom. The average molecular weight is 485 g/mol. The Morgan fingerprint density at radius 2 is 1.70 bits per heavy atom. The molecule has 0 radical (unpaired) electrons. The quantitative estimate of drug-likeness (QED) is 0.519. The molecule has 0 bridgehead atoms. The molecular weight excluding hydrogens is 460 g/mol. The Morgan fingerprint density at radius 1 is 1.00 bits per heavy atom. The summed E-state index contributed by atoms with van der Waals surface area (Å²) in [5, 5.41) is 12.2. The number of carbonyl (C=O) groups is 2. The summed E-state index contributed by atoms with van der Waals surface area (Å²) in [7, 11) is 1.82. The van der Waals surface area contributed by atoms with Gasteiger partial charge in [-0.3, -0.25) is 9.59 Å². The van der Waals surface area contributed by atoms with Gasteiger partial charge < -0.3 is 19.7 Å². The van der Waals surface area contributed by atoms with Crippen LogP contribution in [-0.4, -0.2) is 63.4 Å². The molecule has 10 heteroatoms. The lowest BCUT2D eigenvalue weighted by molar-refractivity contribution is -0.128. The maximum atomic E-state index is 12.7. The number of benzene rings is 2. The normalized spacial score (nSPS) is 13.8. The van der Waals surface area contributed by atoms with Crippen molar-refractivity contribution in [1.82, 2.24) is 25.0 Å². The molecule has 1 aliphatic heterocycles. The van der Waals surface area contributed by atoms with Gasteiger partial charge in [-0.05, 0) is 24.3 Å². The van der Waals surface area contributed by atoms with Crippen LogP contribution in [0.25, 0.3) is 0 Å². The topological polar surface area (TPSA) is 83.4 Å². The second-order valence-electron chi connectivity index (χ2n) is 7.61. The molecule has 0 atom stereocenters. The summed E-state index contributed by atoms with van der Waals surface area (Å²) >= 11 is 7.43. The SMILES string of the molecule is Cn1c(CNC(=O)c2ccccc2Cl)nnc1SCC(=O)N1CCN(c2ccccc2)CC1. The molecule has 4 rings (SSSR count). The van der Waals surface area contributed by atoms with E-state index in [4.69, 9.17) is 11.6 Å². The van der Waals surface area contributed by atoms with E-state index in [2.05, 4.69) is 32.5 Å². The Kier molecular flexibility index (Phi) is 7.51. The van der Waals surface area contributed by atoms with Crippen LogP contribution in [0.2, 0.25) is 5.02 Å². The molecule has 3 aromatic rings. The monoisotopic (exact) mass is 484 g/mol. The molecule has 1 aromatic heterocycles. The van der Waals surface area contributed by atoms with E-state index < -0.39 is 0 Å². The Hall–Kier alpha value is -3.04. The van der Waals surface area contributed by atoms with E-state index >= 15 is 0 Å². The first-order valence-electron chi connectivity index (χ1n) is 10.6. The number of nitrogens with one attached hydrogen (secondary N) is 1. The third-order valence-electron chi connectivity index (χ3n) is 5.53. The Balaban J connectivity index is 1.25. The third-order valence-corrected chi connectivity index (χ3v) is 6.86. The summed E-state index contributed by atoms with van der Waals surface area (Å²) < 4.78 is 1.79. The first-order valence-corrected chi connectivity index (χ1v) is 12.0. The van der Waals surface area contributed by atoms with Gasteiger partial charge in [0.1, 0.15) is 0 Å². The van der Waals surface area contributed by atoms with Gasteiger partial charge in [0.15, 0.2) is 11.0 Å². The van der Waals surface area contributed by atoms with E-state index in [-0.39, 0.29) is 18.4 Å². The maximum absolute atomic E-state index is 12.7. The van der Waals surface area contributed by atoms with Crippen LogP contribution in [0.15, 0.2) is 59.8 Å². The fraction of sp³-hybridized carbons (Fsp3) is 0.304. The number of amides is 2. The number of carbonyl (C=O) groups excluding carboxylic acids is 2. The number of para-hydroxylation sites is 1. The summed E-state index contributed by atoms with van der Waals surface area (Å²) in [6.45, 7) is 3.25. The standard InChI is InChI=1S/C23H25ClN6O2S/c1-28-20(15-25-22(32)18-9-5-6-10-19(18)24)26-27-23(28)33-16-21(31)30-13-11-29(12-14-30)17-7-3-2-4-8-17/h2-10H,11-16H2,1H3,(H,25,32). The van der Waals surface area contributed by atoms with Crippen LogP contribution in [-0.2, 0) is 18.4 Å². The van der Waals surface area contributed by atoms with E-state index in [9.17, 15) is 9.59 Å². The summed E-state index contributed by atoms with van der Waals surface area (Å²) in [6.07, 6.45) is 0. The van der Waals surface area contributed by atoms with Crippen LogP contribution in [0.5, 0.6) is 0 Å². The number of nitrogens with zero attached hydrogens (tertiary/aromatic N) is 5.